The van der Waals surface area contributed by atoms with E-state index in [4.69, 9.17) is 11.6 Å². The second-order valence-corrected chi connectivity index (χ2v) is 4.94. The van der Waals surface area contributed by atoms with Crippen molar-refractivity contribution in [1.82, 2.24) is 10.6 Å². The normalized spacial score (nSPS) is 16.6. The summed E-state index contributed by atoms with van der Waals surface area (Å²) in [6.45, 7) is 2.45. The van der Waals surface area contributed by atoms with E-state index in [1.807, 2.05) is 31.2 Å². The molecule has 0 spiro atoms. The van der Waals surface area contributed by atoms with E-state index in [0.29, 0.717) is 17.6 Å². The maximum Gasteiger partial charge on any atom is 0.237 e. The van der Waals surface area contributed by atoms with Crippen LogP contribution < -0.4 is 10.6 Å². The fourth-order valence-electron chi connectivity index (χ4n) is 1.62. The quantitative estimate of drug-likeness (QED) is 0.843. The van der Waals surface area contributed by atoms with Gasteiger partial charge in [-0.3, -0.25) is 4.79 Å². The molecule has 1 fully saturated rings. The molecule has 1 saturated carbocycles. The number of benzene rings is 1. The van der Waals surface area contributed by atoms with Gasteiger partial charge in [0.25, 0.3) is 0 Å². The summed E-state index contributed by atoms with van der Waals surface area (Å²) in [6.07, 6.45) is 2.38. The van der Waals surface area contributed by atoms with Crippen molar-refractivity contribution in [2.75, 3.05) is 0 Å². The van der Waals surface area contributed by atoms with Gasteiger partial charge in [0.15, 0.2) is 0 Å². The summed E-state index contributed by atoms with van der Waals surface area (Å²) in [5.74, 6) is 0.0480. The number of nitrogens with one attached hydrogen (secondary N) is 2. The first-order chi connectivity index (χ1) is 8.15. The average Bonchev–Trinajstić information content (AvgIpc) is 3.11. The van der Waals surface area contributed by atoms with E-state index in [1.165, 1.54) is 12.8 Å². The molecule has 1 aliphatic carbocycles. The van der Waals surface area contributed by atoms with Gasteiger partial charge < -0.3 is 10.6 Å². The molecular weight excluding hydrogens is 236 g/mol. The second-order valence-electron chi connectivity index (χ2n) is 4.51. The Morgan fingerprint density at radius 2 is 2.06 bits per heavy atom. The Morgan fingerprint density at radius 1 is 1.41 bits per heavy atom. The van der Waals surface area contributed by atoms with Crippen molar-refractivity contribution >= 4 is 17.5 Å². The Balaban J connectivity index is 1.76. The molecule has 3 nitrogen and oxygen atoms in total. The van der Waals surface area contributed by atoms with Gasteiger partial charge in [0, 0.05) is 17.6 Å². The molecule has 0 saturated heterocycles. The highest BCUT2D eigenvalue weighted by atomic mass is 35.5. The molecule has 1 amide bonds. The predicted octanol–water partition coefficient (Wildman–Crippen LogP) is 2.10. The maximum absolute atomic E-state index is 11.7. The molecule has 0 aromatic heterocycles. The van der Waals surface area contributed by atoms with Crippen molar-refractivity contribution in [3.05, 3.63) is 34.9 Å². The van der Waals surface area contributed by atoms with Crippen molar-refractivity contribution in [2.45, 2.75) is 38.4 Å². The van der Waals surface area contributed by atoms with Crippen molar-refractivity contribution in [1.29, 1.82) is 0 Å². The monoisotopic (exact) mass is 252 g/mol. The van der Waals surface area contributed by atoms with Crippen LogP contribution in [0.3, 0.4) is 0 Å². The molecule has 0 aliphatic heterocycles. The molecule has 1 aromatic carbocycles. The number of carbonyl (C=O) groups excluding carboxylic acids is 1. The number of rotatable bonds is 5. The van der Waals surface area contributed by atoms with Crippen LogP contribution in [-0.4, -0.2) is 18.0 Å². The molecule has 17 heavy (non-hydrogen) atoms. The largest absolute Gasteiger partial charge is 0.351 e. The van der Waals surface area contributed by atoms with Gasteiger partial charge in [-0.1, -0.05) is 23.7 Å². The Morgan fingerprint density at radius 3 is 2.65 bits per heavy atom. The van der Waals surface area contributed by atoms with Crippen LogP contribution in [0.2, 0.25) is 5.02 Å². The fourth-order valence-corrected chi connectivity index (χ4v) is 1.75. The van der Waals surface area contributed by atoms with Crippen LogP contribution in [0.4, 0.5) is 0 Å². The van der Waals surface area contributed by atoms with E-state index < -0.39 is 0 Å². The lowest BCUT2D eigenvalue weighted by molar-refractivity contribution is -0.122. The summed E-state index contributed by atoms with van der Waals surface area (Å²) in [5, 5.41) is 6.88. The highest BCUT2D eigenvalue weighted by molar-refractivity contribution is 6.30. The van der Waals surface area contributed by atoms with Crippen molar-refractivity contribution in [3.8, 4) is 0 Å². The van der Waals surface area contributed by atoms with Crippen LogP contribution >= 0.6 is 11.6 Å². The number of hydrogen-bond donors (Lipinski definition) is 2. The molecule has 1 aromatic rings. The number of carbonyl (C=O) groups is 1. The zero-order valence-corrected chi connectivity index (χ0v) is 10.6. The highest BCUT2D eigenvalue weighted by Gasteiger charge is 2.25. The topological polar surface area (TPSA) is 41.1 Å². The highest BCUT2D eigenvalue weighted by Crippen LogP contribution is 2.19. The smallest absolute Gasteiger partial charge is 0.237 e. The second kappa shape index (κ2) is 5.52. The van der Waals surface area contributed by atoms with Crippen LogP contribution in [0.5, 0.6) is 0 Å². The molecule has 92 valence electrons. The van der Waals surface area contributed by atoms with Crippen LogP contribution in [0.25, 0.3) is 0 Å². The van der Waals surface area contributed by atoms with Gasteiger partial charge in [-0.2, -0.15) is 0 Å². The predicted molar refractivity (Wildman–Crippen MR) is 68.9 cm³/mol. The minimum Gasteiger partial charge on any atom is -0.351 e. The lowest BCUT2D eigenvalue weighted by Gasteiger charge is -2.13. The molecule has 1 atom stereocenters. The Bertz CT molecular complexity index is 387. The summed E-state index contributed by atoms with van der Waals surface area (Å²) >= 11 is 5.79. The van der Waals surface area contributed by atoms with E-state index >= 15 is 0 Å². The lowest BCUT2D eigenvalue weighted by Crippen LogP contribution is -2.42. The van der Waals surface area contributed by atoms with Crippen molar-refractivity contribution in [3.63, 3.8) is 0 Å². The zero-order chi connectivity index (χ0) is 12.3. The van der Waals surface area contributed by atoms with Gasteiger partial charge in [0.05, 0.1) is 6.04 Å². The van der Waals surface area contributed by atoms with Gasteiger partial charge in [-0.25, -0.2) is 0 Å². The van der Waals surface area contributed by atoms with E-state index in [9.17, 15) is 4.79 Å². The van der Waals surface area contributed by atoms with Crippen LogP contribution in [0, 0.1) is 0 Å². The number of amides is 1. The molecule has 1 aliphatic rings. The first kappa shape index (κ1) is 12.4. The Kier molecular flexibility index (Phi) is 4.02. The van der Waals surface area contributed by atoms with Gasteiger partial charge >= 0.3 is 0 Å². The van der Waals surface area contributed by atoms with Gasteiger partial charge in [-0.05, 0) is 37.5 Å². The van der Waals surface area contributed by atoms with Crippen LogP contribution in [0.15, 0.2) is 24.3 Å². The molecule has 1 unspecified atom stereocenters. The van der Waals surface area contributed by atoms with E-state index in [1.54, 1.807) is 0 Å². The Hall–Kier alpha value is -1.06. The first-order valence-corrected chi connectivity index (χ1v) is 6.31. The summed E-state index contributed by atoms with van der Waals surface area (Å²) < 4.78 is 0. The fraction of sp³-hybridized carbons (Fsp3) is 0.462. The molecule has 4 heteroatoms. The third kappa shape index (κ3) is 4.02. The van der Waals surface area contributed by atoms with E-state index in [2.05, 4.69) is 10.6 Å². The molecular formula is C13H17ClN2O. The molecule has 0 bridgehead atoms. The van der Waals surface area contributed by atoms with Crippen molar-refractivity contribution in [2.24, 2.45) is 0 Å². The minimum absolute atomic E-state index is 0.0480. The van der Waals surface area contributed by atoms with Gasteiger partial charge in [0.1, 0.15) is 0 Å². The van der Waals surface area contributed by atoms with Crippen LogP contribution in [0.1, 0.15) is 25.3 Å². The molecule has 2 N–H and O–H groups in total. The number of halogens is 1. The van der Waals surface area contributed by atoms with Crippen LogP contribution in [-0.2, 0) is 11.3 Å². The molecule has 0 heterocycles. The SMILES string of the molecule is CC(NC1CC1)C(=O)NCc1ccc(Cl)cc1. The minimum atomic E-state index is -0.116. The van der Waals surface area contributed by atoms with E-state index in [0.717, 1.165) is 5.56 Å². The summed E-state index contributed by atoms with van der Waals surface area (Å²) in [6, 6.07) is 7.92. The van der Waals surface area contributed by atoms with E-state index in [-0.39, 0.29) is 11.9 Å². The van der Waals surface area contributed by atoms with Gasteiger partial charge in [0.2, 0.25) is 5.91 Å². The zero-order valence-electron chi connectivity index (χ0n) is 9.87. The molecule has 0 radical (unpaired) electrons. The summed E-state index contributed by atoms with van der Waals surface area (Å²) in [4.78, 5) is 11.7. The molecule has 2 rings (SSSR count). The third-order valence-corrected chi connectivity index (χ3v) is 3.09. The van der Waals surface area contributed by atoms with Crippen molar-refractivity contribution < 1.29 is 4.79 Å². The summed E-state index contributed by atoms with van der Waals surface area (Å²) in [5.41, 5.74) is 1.06. The number of hydrogen-bond acceptors (Lipinski definition) is 2. The first-order valence-electron chi connectivity index (χ1n) is 5.93. The lowest BCUT2D eigenvalue weighted by atomic mass is 10.2. The Labute approximate surface area is 107 Å². The average molecular weight is 253 g/mol. The van der Waals surface area contributed by atoms with Gasteiger partial charge in [-0.15, -0.1) is 0 Å². The summed E-state index contributed by atoms with van der Waals surface area (Å²) in [7, 11) is 0. The standard InChI is InChI=1S/C13H17ClN2O/c1-9(16-12-6-7-12)13(17)15-8-10-2-4-11(14)5-3-10/h2-5,9,12,16H,6-8H2,1H3,(H,15,17). The maximum atomic E-state index is 11.7. The third-order valence-electron chi connectivity index (χ3n) is 2.84.